The topological polar surface area (TPSA) is 120 Å². The van der Waals surface area contributed by atoms with Crippen LogP contribution in [0.4, 0.5) is 5.82 Å². The van der Waals surface area contributed by atoms with E-state index in [1.807, 2.05) is 37.5 Å². The summed E-state index contributed by atoms with van der Waals surface area (Å²) in [6.45, 7) is 1.47. The highest BCUT2D eigenvalue weighted by atomic mass is 16.5. The van der Waals surface area contributed by atoms with E-state index in [1.165, 1.54) is 5.56 Å². The van der Waals surface area contributed by atoms with Crippen molar-refractivity contribution in [2.24, 2.45) is 7.05 Å². The number of hydrogen-bond acceptors (Lipinski definition) is 7. The fourth-order valence-electron chi connectivity index (χ4n) is 4.88. The van der Waals surface area contributed by atoms with Gasteiger partial charge in [-0.2, -0.15) is 10.2 Å². The van der Waals surface area contributed by atoms with Crippen molar-refractivity contribution in [1.82, 2.24) is 29.5 Å². The van der Waals surface area contributed by atoms with Gasteiger partial charge in [-0.3, -0.25) is 19.1 Å². The third kappa shape index (κ3) is 4.69. The molecule has 4 aromatic heterocycles. The minimum absolute atomic E-state index is 0.127. The summed E-state index contributed by atoms with van der Waals surface area (Å²) < 4.78 is 9.45. The maximum absolute atomic E-state index is 11.7. The number of carboxylic acid groups (broad SMARTS) is 1. The Kier molecular flexibility index (Phi) is 5.91. The summed E-state index contributed by atoms with van der Waals surface area (Å²) in [5.41, 5.74) is 5.31. The number of pyridine rings is 2. The molecular formula is C27H27N7O3. The Morgan fingerprint density at radius 1 is 1.19 bits per heavy atom. The lowest BCUT2D eigenvalue weighted by Crippen LogP contribution is -2.16. The van der Waals surface area contributed by atoms with Gasteiger partial charge in [-0.15, -0.1) is 0 Å². The molecule has 0 radical (unpaired) electrons. The van der Waals surface area contributed by atoms with Crippen LogP contribution in [0.1, 0.15) is 35.7 Å². The van der Waals surface area contributed by atoms with Gasteiger partial charge in [-0.05, 0) is 54.3 Å². The minimum Gasteiger partial charge on any atom is -0.493 e. The molecule has 0 amide bonds. The molecule has 0 saturated heterocycles. The summed E-state index contributed by atoms with van der Waals surface area (Å²) in [5.74, 6) is 0.807. The standard InChI is InChI=1S/C27H27N7O3/c1-33-16-23-22(32-33)12-19(14-29-23)25(13-26(35)36)34-24-7-6-21(11-18(24)15-30-34)37-10-8-20-5-4-17-3-2-9-28-27(17)31-20/h4-7,11-12,14-16,25H,2-3,8-10,13H2,1H3,(H,28,31)(H,35,36). The summed E-state index contributed by atoms with van der Waals surface area (Å²) in [7, 11) is 1.83. The molecule has 1 aliphatic rings. The lowest BCUT2D eigenvalue weighted by molar-refractivity contribution is -0.137. The van der Waals surface area contributed by atoms with Crippen molar-refractivity contribution in [3.05, 3.63) is 71.8 Å². The van der Waals surface area contributed by atoms with E-state index in [-0.39, 0.29) is 6.42 Å². The zero-order valence-electron chi connectivity index (χ0n) is 20.5. The van der Waals surface area contributed by atoms with E-state index in [4.69, 9.17) is 9.72 Å². The number of fused-ring (bicyclic) bond motifs is 3. The molecular weight excluding hydrogens is 470 g/mol. The summed E-state index contributed by atoms with van der Waals surface area (Å²) in [6.07, 6.45) is 8.06. The van der Waals surface area contributed by atoms with Crippen LogP contribution in [0.2, 0.25) is 0 Å². The van der Waals surface area contributed by atoms with E-state index in [9.17, 15) is 9.90 Å². The van der Waals surface area contributed by atoms with Crippen molar-refractivity contribution in [2.45, 2.75) is 31.7 Å². The van der Waals surface area contributed by atoms with E-state index >= 15 is 0 Å². The monoisotopic (exact) mass is 497 g/mol. The van der Waals surface area contributed by atoms with Crippen LogP contribution in [0, 0.1) is 0 Å². The molecule has 0 spiro atoms. The van der Waals surface area contributed by atoms with Gasteiger partial charge in [-0.1, -0.05) is 6.07 Å². The first-order valence-corrected chi connectivity index (χ1v) is 12.4. The molecule has 0 fully saturated rings. The molecule has 188 valence electrons. The lowest BCUT2D eigenvalue weighted by Gasteiger charge is -2.17. The quantitative estimate of drug-likeness (QED) is 0.333. The van der Waals surface area contributed by atoms with Crippen LogP contribution in [0.25, 0.3) is 21.9 Å². The summed E-state index contributed by atoms with van der Waals surface area (Å²) in [5, 5.41) is 22.8. The number of benzene rings is 1. The summed E-state index contributed by atoms with van der Waals surface area (Å²) in [4.78, 5) is 20.9. The Morgan fingerprint density at radius 3 is 3.00 bits per heavy atom. The molecule has 1 unspecified atom stereocenters. The molecule has 5 aromatic rings. The minimum atomic E-state index is -0.916. The Morgan fingerprint density at radius 2 is 2.11 bits per heavy atom. The van der Waals surface area contributed by atoms with Crippen molar-refractivity contribution < 1.29 is 14.6 Å². The van der Waals surface area contributed by atoms with Crippen LogP contribution < -0.4 is 10.1 Å². The zero-order chi connectivity index (χ0) is 25.4. The average Bonchev–Trinajstić information content (AvgIpc) is 3.48. The van der Waals surface area contributed by atoms with Gasteiger partial charge in [0.1, 0.15) is 22.6 Å². The molecule has 37 heavy (non-hydrogen) atoms. The molecule has 10 heteroatoms. The number of nitrogens with zero attached hydrogens (tertiary/aromatic N) is 6. The van der Waals surface area contributed by atoms with Gasteiger partial charge in [0, 0.05) is 37.3 Å². The van der Waals surface area contributed by atoms with Gasteiger partial charge >= 0.3 is 5.97 Å². The van der Waals surface area contributed by atoms with Gasteiger partial charge in [0.05, 0.1) is 37.0 Å². The van der Waals surface area contributed by atoms with Crippen molar-refractivity contribution >= 4 is 33.7 Å². The van der Waals surface area contributed by atoms with Crippen LogP contribution >= 0.6 is 0 Å². The molecule has 5 heterocycles. The number of aryl methyl sites for hydroxylation is 2. The first-order valence-electron chi connectivity index (χ1n) is 12.4. The number of anilines is 1. The molecule has 0 bridgehead atoms. The Bertz CT molecular complexity index is 1610. The Hall–Kier alpha value is -4.47. The third-order valence-corrected chi connectivity index (χ3v) is 6.69. The number of nitrogens with one attached hydrogen (secondary N) is 1. The molecule has 0 aliphatic carbocycles. The van der Waals surface area contributed by atoms with Crippen LogP contribution in [-0.2, 0) is 24.7 Å². The van der Waals surface area contributed by atoms with Crippen LogP contribution in [0.5, 0.6) is 5.75 Å². The molecule has 2 N–H and O–H groups in total. The second-order valence-corrected chi connectivity index (χ2v) is 9.34. The van der Waals surface area contributed by atoms with Gasteiger partial charge < -0.3 is 15.2 Å². The number of carboxylic acids is 1. The second-order valence-electron chi connectivity index (χ2n) is 9.34. The predicted octanol–water partition coefficient (Wildman–Crippen LogP) is 3.76. The van der Waals surface area contributed by atoms with Gasteiger partial charge in [0.2, 0.25) is 0 Å². The highest BCUT2D eigenvalue weighted by Gasteiger charge is 2.22. The number of aromatic nitrogens is 6. The SMILES string of the molecule is Cn1cc2ncc(C(CC(=O)O)n3ncc4cc(OCCc5ccc6c(n5)NCCC6)ccc43)cc2n1. The van der Waals surface area contributed by atoms with E-state index in [0.717, 1.165) is 58.6 Å². The van der Waals surface area contributed by atoms with E-state index in [1.54, 1.807) is 21.8 Å². The number of hydrogen-bond donors (Lipinski definition) is 2. The normalized spacial score (nSPS) is 13.9. The number of ether oxygens (including phenoxy) is 1. The Balaban J connectivity index is 1.21. The molecule has 1 aromatic carbocycles. The molecule has 0 saturated carbocycles. The maximum atomic E-state index is 11.7. The van der Waals surface area contributed by atoms with Crippen molar-refractivity contribution in [3.63, 3.8) is 0 Å². The number of rotatable bonds is 8. The maximum Gasteiger partial charge on any atom is 0.305 e. The van der Waals surface area contributed by atoms with Gasteiger partial charge in [0.15, 0.2) is 0 Å². The van der Waals surface area contributed by atoms with Crippen molar-refractivity contribution in [2.75, 3.05) is 18.5 Å². The fourth-order valence-corrected chi connectivity index (χ4v) is 4.88. The highest BCUT2D eigenvalue weighted by Crippen LogP contribution is 2.29. The lowest BCUT2D eigenvalue weighted by atomic mass is 10.1. The van der Waals surface area contributed by atoms with Crippen molar-refractivity contribution in [1.29, 1.82) is 0 Å². The van der Waals surface area contributed by atoms with Crippen molar-refractivity contribution in [3.8, 4) is 5.75 Å². The zero-order valence-corrected chi connectivity index (χ0v) is 20.5. The predicted molar refractivity (Wildman–Crippen MR) is 139 cm³/mol. The molecule has 1 aliphatic heterocycles. The van der Waals surface area contributed by atoms with E-state index < -0.39 is 12.0 Å². The highest BCUT2D eigenvalue weighted by molar-refractivity contribution is 5.81. The van der Waals surface area contributed by atoms with Crippen LogP contribution in [0.15, 0.2) is 55.0 Å². The number of carbonyl (C=O) groups is 1. The van der Waals surface area contributed by atoms with Gasteiger partial charge in [-0.25, -0.2) is 4.98 Å². The third-order valence-electron chi connectivity index (χ3n) is 6.69. The number of aliphatic carboxylic acids is 1. The molecule has 6 rings (SSSR count). The average molecular weight is 498 g/mol. The van der Waals surface area contributed by atoms with E-state index in [0.29, 0.717) is 18.5 Å². The second kappa shape index (κ2) is 9.53. The summed E-state index contributed by atoms with van der Waals surface area (Å²) >= 11 is 0. The molecule has 1 atom stereocenters. The van der Waals surface area contributed by atoms with E-state index in [2.05, 4.69) is 32.6 Å². The van der Waals surface area contributed by atoms with Crippen LogP contribution in [0.3, 0.4) is 0 Å². The Labute approximate surface area is 212 Å². The molecule has 10 nitrogen and oxygen atoms in total. The largest absolute Gasteiger partial charge is 0.493 e. The smallest absolute Gasteiger partial charge is 0.305 e. The fraction of sp³-hybridized carbons (Fsp3) is 0.296. The van der Waals surface area contributed by atoms with Gasteiger partial charge in [0.25, 0.3) is 0 Å². The summed E-state index contributed by atoms with van der Waals surface area (Å²) in [6, 6.07) is 11.3. The first kappa shape index (κ1) is 23.0. The van der Waals surface area contributed by atoms with Crippen LogP contribution in [-0.4, -0.2) is 53.8 Å². The first-order chi connectivity index (χ1) is 18.0.